The maximum atomic E-state index is 12.7. The summed E-state index contributed by atoms with van der Waals surface area (Å²) < 4.78 is 1.83. The highest BCUT2D eigenvalue weighted by atomic mass is 35.5. The summed E-state index contributed by atoms with van der Waals surface area (Å²) in [5.41, 5.74) is 3.64. The first-order chi connectivity index (χ1) is 13.6. The quantitative estimate of drug-likeness (QED) is 0.792. The van der Waals surface area contributed by atoms with E-state index in [1.54, 1.807) is 0 Å². The fourth-order valence-electron chi connectivity index (χ4n) is 3.88. The van der Waals surface area contributed by atoms with Crippen molar-refractivity contribution >= 4 is 28.8 Å². The van der Waals surface area contributed by atoms with Gasteiger partial charge in [0.25, 0.3) is 0 Å². The van der Waals surface area contributed by atoms with Gasteiger partial charge in [0.05, 0.1) is 12.7 Å². The van der Waals surface area contributed by atoms with Gasteiger partial charge in [0, 0.05) is 68.8 Å². The maximum absolute atomic E-state index is 12.7. The van der Waals surface area contributed by atoms with E-state index in [0.29, 0.717) is 6.54 Å². The highest BCUT2D eigenvalue weighted by molar-refractivity contribution is 6.30. The summed E-state index contributed by atoms with van der Waals surface area (Å²) in [6.45, 7) is 5.43. The smallest absolute Gasteiger partial charge is 0.236 e. The zero-order chi connectivity index (χ0) is 19.5. The van der Waals surface area contributed by atoms with Crippen LogP contribution in [0.1, 0.15) is 12.0 Å². The topological polar surface area (TPSA) is 44.6 Å². The third kappa shape index (κ3) is 4.39. The van der Waals surface area contributed by atoms with Crippen molar-refractivity contribution in [3.8, 4) is 0 Å². The number of hydrogen-bond acceptors (Lipinski definition) is 4. The molecular weight excluding hydrogens is 374 g/mol. The van der Waals surface area contributed by atoms with Crippen molar-refractivity contribution in [3.05, 3.63) is 53.3 Å². The average molecular weight is 400 g/mol. The van der Waals surface area contributed by atoms with Crippen LogP contribution in [0.15, 0.2) is 42.7 Å². The molecule has 6 nitrogen and oxygen atoms in total. The van der Waals surface area contributed by atoms with Gasteiger partial charge in [-0.2, -0.15) is 5.10 Å². The fourth-order valence-corrected chi connectivity index (χ4v) is 4.07. The standard InChI is InChI=1S/C21H26ClN5O/c1-24-15-18(14-23-24)17-5-7-25(8-6-17)16-21(28)27-11-9-26(10-12-27)20-4-2-3-19(22)13-20/h2-5,13-15H,6-12,16H2,1H3. The Kier molecular flexibility index (Phi) is 5.69. The molecule has 1 aromatic carbocycles. The summed E-state index contributed by atoms with van der Waals surface area (Å²) in [7, 11) is 1.93. The number of carbonyl (C=O) groups is 1. The number of anilines is 1. The number of aryl methyl sites for hydroxylation is 1. The first-order valence-corrected chi connectivity index (χ1v) is 10.1. The van der Waals surface area contributed by atoms with Gasteiger partial charge >= 0.3 is 0 Å². The first-order valence-electron chi connectivity index (χ1n) is 9.77. The van der Waals surface area contributed by atoms with Crippen LogP contribution in [0.25, 0.3) is 5.57 Å². The molecule has 2 aromatic rings. The maximum Gasteiger partial charge on any atom is 0.236 e. The molecule has 7 heteroatoms. The Morgan fingerprint density at radius 1 is 1.18 bits per heavy atom. The largest absolute Gasteiger partial charge is 0.368 e. The van der Waals surface area contributed by atoms with E-state index in [0.717, 1.165) is 56.4 Å². The molecule has 4 rings (SSSR count). The van der Waals surface area contributed by atoms with Gasteiger partial charge < -0.3 is 9.80 Å². The van der Waals surface area contributed by atoms with Gasteiger partial charge in [0.15, 0.2) is 0 Å². The molecule has 0 unspecified atom stereocenters. The Morgan fingerprint density at radius 2 is 2.00 bits per heavy atom. The molecule has 1 saturated heterocycles. The molecule has 0 atom stereocenters. The molecule has 3 heterocycles. The SMILES string of the molecule is Cn1cc(C2=CCN(CC(=O)N3CCN(c4cccc(Cl)c4)CC3)CC2)cn1. The zero-order valence-corrected chi connectivity index (χ0v) is 17.0. The molecule has 148 valence electrons. The second-order valence-electron chi connectivity index (χ2n) is 7.46. The molecule has 1 amide bonds. The fraction of sp³-hybridized carbons (Fsp3) is 0.429. The number of aromatic nitrogens is 2. The van der Waals surface area contributed by atoms with Gasteiger partial charge in [-0.05, 0) is 30.2 Å². The number of nitrogens with zero attached hydrogens (tertiary/aromatic N) is 5. The minimum Gasteiger partial charge on any atom is -0.368 e. The number of carbonyl (C=O) groups excluding carboxylic acids is 1. The van der Waals surface area contributed by atoms with Gasteiger partial charge in [-0.15, -0.1) is 0 Å². The Morgan fingerprint density at radius 3 is 2.64 bits per heavy atom. The minimum atomic E-state index is 0.226. The molecule has 2 aliphatic rings. The number of amides is 1. The summed E-state index contributed by atoms with van der Waals surface area (Å²) >= 11 is 6.10. The lowest BCUT2D eigenvalue weighted by Crippen LogP contribution is -2.51. The summed E-state index contributed by atoms with van der Waals surface area (Å²) in [6.07, 6.45) is 7.14. The van der Waals surface area contributed by atoms with Gasteiger partial charge in [-0.3, -0.25) is 14.4 Å². The van der Waals surface area contributed by atoms with E-state index in [2.05, 4.69) is 27.0 Å². The van der Waals surface area contributed by atoms with Crippen LogP contribution in [0.3, 0.4) is 0 Å². The Bertz CT molecular complexity index is 869. The molecule has 28 heavy (non-hydrogen) atoms. The van der Waals surface area contributed by atoms with Gasteiger partial charge in [0.2, 0.25) is 5.91 Å². The molecule has 1 fully saturated rings. The van der Waals surface area contributed by atoms with Crippen molar-refractivity contribution < 1.29 is 4.79 Å². The third-order valence-corrected chi connectivity index (χ3v) is 5.77. The van der Waals surface area contributed by atoms with E-state index in [1.807, 2.05) is 47.2 Å². The zero-order valence-electron chi connectivity index (χ0n) is 16.2. The Labute approximate surface area is 171 Å². The number of benzene rings is 1. The second-order valence-corrected chi connectivity index (χ2v) is 7.90. The average Bonchev–Trinajstić information content (AvgIpc) is 3.15. The molecular formula is C21H26ClN5O. The summed E-state index contributed by atoms with van der Waals surface area (Å²) in [6, 6.07) is 7.92. The van der Waals surface area contributed by atoms with E-state index in [1.165, 1.54) is 11.1 Å². The predicted octanol–water partition coefficient (Wildman–Crippen LogP) is 2.51. The van der Waals surface area contributed by atoms with Crippen LogP contribution >= 0.6 is 11.6 Å². The van der Waals surface area contributed by atoms with Crippen LogP contribution < -0.4 is 4.90 Å². The van der Waals surface area contributed by atoms with E-state index in [-0.39, 0.29) is 5.91 Å². The number of piperazine rings is 1. The molecule has 0 saturated carbocycles. The van der Waals surface area contributed by atoms with Crippen LogP contribution in [0.4, 0.5) is 5.69 Å². The van der Waals surface area contributed by atoms with Crippen molar-refractivity contribution in [2.45, 2.75) is 6.42 Å². The highest BCUT2D eigenvalue weighted by Crippen LogP contribution is 2.23. The Balaban J connectivity index is 1.27. The molecule has 0 aliphatic carbocycles. The number of hydrogen-bond donors (Lipinski definition) is 0. The molecule has 2 aliphatic heterocycles. The van der Waals surface area contributed by atoms with Crippen LogP contribution in [-0.4, -0.2) is 71.3 Å². The summed E-state index contributed by atoms with van der Waals surface area (Å²) in [5, 5.41) is 4.99. The lowest BCUT2D eigenvalue weighted by molar-refractivity contribution is -0.132. The molecule has 0 radical (unpaired) electrons. The van der Waals surface area contributed by atoms with Crippen LogP contribution in [0.2, 0.25) is 5.02 Å². The van der Waals surface area contributed by atoms with E-state index in [4.69, 9.17) is 11.6 Å². The van der Waals surface area contributed by atoms with E-state index in [9.17, 15) is 4.79 Å². The van der Waals surface area contributed by atoms with E-state index < -0.39 is 0 Å². The van der Waals surface area contributed by atoms with Crippen LogP contribution in [0, 0.1) is 0 Å². The predicted molar refractivity (Wildman–Crippen MR) is 112 cm³/mol. The molecule has 1 aromatic heterocycles. The van der Waals surface area contributed by atoms with Crippen molar-refractivity contribution in [2.75, 3.05) is 50.7 Å². The van der Waals surface area contributed by atoms with Crippen LogP contribution in [0.5, 0.6) is 0 Å². The number of halogens is 1. The first kappa shape index (κ1) is 19.0. The number of rotatable bonds is 4. The molecule has 0 bridgehead atoms. The van der Waals surface area contributed by atoms with Gasteiger partial charge in [-0.25, -0.2) is 0 Å². The van der Waals surface area contributed by atoms with Crippen LogP contribution in [-0.2, 0) is 11.8 Å². The monoisotopic (exact) mass is 399 g/mol. The minimum absolute atomic E-state index is 0.226. The van der Waals surface area contributed by atoms with Gasteiger partial charge in [0.1, 0.15) is 0 Å². The Hall–Kier alpha value is -2.31. The normalized spacial score (nSPS) is 18.3. The van der Waals surface area contributed by atoms with Crippen molar-refractivity contribution in [2.24, 2.45) is 7.05 Å². The van der Waals surface area contributed by atoms with Gasteiger partial charge in [-0.1, -0.05) is 23.7 Å². The van der Waals surface area contributed by atoms with Crippen molar-refractivity contribution in [1.82, 2.24) is 19.6 Å². The van der Waals surface area contributed by atoms with Crippen molar-refractivity contribution in [3.63, 3.8) is 0 Å². The molecule has 0 N–H and O–H groups in total. The second kappa shape index (κ2) is 8.37. The lowest BCUT2D eigenvalue weighted by Gasteiger charge is -2.37. The highest BCUT2D eigenvalue weighted by Gasteiger charge is 2.24. The van der Waals surface area contributed by atoms with Crippen molar-refractivity contribution in [1.29, 1.82) is 0 Å². The lowest BCUT2D eigenvalue weighted by atomic mass is 10.0. The third-order valence-electron chi connectivity index (χ3n) is 5.53. The summed E-state index contributed by atoms with van der Waals surface area (Å²) in [4.78, 5) is 19.2. The van der Waals surface area contributed by atoms with E-state index >= 15 is 0 Å². The summed E-state index contributed by atoms with van der Waals surface area (Å²) in [5.74, 6) is 0.226. The molecule has 0 spiro atoms.